The highest BCUT2D eigenvalue weighted by molar-refractivity contribution is 5.36. The minimum Gasteiger partial charge on any atom is -0.366 e. The van der Waals surface area contributed by atoms with Gasteiger partial charge in [0.1, 0.15) is 11.6 Å². The maximum Gasteiger partial charge on any atom is 0.130 e. The van der Waals surface area contributed by atoms with Crippen molar-refractivity contribution in [2.45, 2.75) is 33.2 Å². The topological polar surface area (TPSA) is 61.6 Å². The molecular weight excluding hydrogens is 176 g/mol. The third kappa shape index (κ3) is 3.02. The number of nitriles is 1. The molecule has 0 saturated carbocycles. The Morgan fingerprint density at radius 3 is 2.79 bits per heavy atom. The molecular formula is C10H14N4. The third-order valence-corrected chi connectivity index (χ3v) is 1.76. The smallest absolute Gasteiger partial charge is 0.130 e. The van der Waals surface area contributed by atoms with E-state index in [1.54, 1.807) is 0 Å². The average molecular weight is 190 g/mol. The summed E-state index contributed by atoms with van der Waals surface area (Å²) >= 11 is 0. The molecule has 14 heavy (non-hydrogen) atoms. The van der Waals surface area contributed by atoms with Crippen LogP contribution in [0, 0.1) is 25.2 Å². The molecule has 1 heterocycles. The zero-order valence-corrected chi connectivity index (χ0v) is 8.70. The first-order chi connectivity index (χ1) is 6.61. The van der Waals surface area contributed by atoms with Crippen molar-refractivity contribution >= 4 is 5.82 Å². The van der Waals surface area contributed by atoms with E-state index in [0.717, 1.165) is 17.3 Å². The standard InChI is InChI=1S/C10H14N4/c1-7(4-5-11)13-10-6-8(2)12-9(3)14-10/h6-7H,4H2,1-3H3,(H,12,13,14). The Labute approximate surface area is 84.0 Å². The summed E-state index contributed by atoms with van der Waals surface area (Å²) in [6.07, 6.45) is 0.474. The molecule has 0 aliphatic heterocycles. The maximum atomic E-state index is 8.50. The van der Waals surface area contributed by atoms with Crippen molar-refractivity contribution < 1.29 is 0 Å². The molecule has 0 bridgehead atoms. The summed E-state index contributed by atoms with van der Waals surface area (Å²) in [4.78, 5) is 8.40. The fraction of sp³-hybridized carbons (Fsp3) is 0.500. The van der Waals surface area contributed by atoms with Crippen LogP contribution in [-0.4, -0.2) is 16.0 Å². The highest BCUT2D eigenvalue weighted by Crippen LogP contribution is 2.08. The fourth-order valence-corrected chi connectivity index (χ4v) is 1.23. The van der Waals surface area contributed by atoms with Crippen LogP contribution in [-0.2, 0) is 0 Å². The average Bonchev–Trinajstić information content (AvgIpc) is 2.01. The van der Waals surface area contributed by atoms with Crippen LogP contribution in [0.3, 0.4) is 0 Å². The molecule has 0 aliphatic carbocycles. The Morgan fingerprint density at radius 2 is 2.21 bits per heavy atom. The number of anilines is 1. The second kappa shape index (κ2) is 4.56. The molecule has 0 fully saturated rings. The summed E-state index contributed by atoms with van der Waals surface area (Å²) in [5.41, 5.74) is 0.934. The Balaban J connectivity index is 2.72. The SMILES string of the molecule is Cc1cc(NC(C)CC#N)nc(C)n1. The molecule has 1 aromatic rings. The minimum absolute atomic E-state index is 0.119. The summed E-state index contributed by atoms with van der Waals surface area (Å²) in [6, 6.07) is 4.11. The van der Waals surface area contributed by atoms with Crippen molar-refractivity contribution in [2.75, 3.05) is 5.32 Å². The molecule has 0 aliphatic rings. The fourth-order valence-electron chi connectivity index (χ4n) is 1.23. The van der Waals surface area contributed by atoms with E-state index < -0.39 is 0 Å². The Hall–Kier alpha value is -1.63. The number of hydrogen-bond acceptors (Lipinski definition) is 4. The second-order valence-electron chi connectivity index (χ2n) is 3.35. The highest BCUT2D eigenvalue weighted by Gasteiger charge is 2.03. The summed E-state index contributed by atoms with van der Waals surface area (Å²) in [7, 11) is 0. The lowest BCUT2D eigenvalue weighted by Crippen LogP contribution is -2.15. The molecule has 0 aromatic carbocycles. The monoisotopic (exact) mass is 190 g/mol. The van der Waals surface area contributed by atoms with Crippen molar-refractivity contribution in [1.29, 1.82) is 5.26 Å². The molecule has 0 radical (unpaired) electrons. The van der Waals surface area contributed by atoms with Gasteiger partial charge in [-0.15, -0.1) is 0 Å². The largest absolute Gasteiger partial charge is 0.366 e. The molecule has 4 heteroatoms. The van der Waals surface area contributed by atoms with Crippen molar-refractivity contribution in [2.24, 2.45) is 0 Å². The number of hydrogen-bond donors (Lipinski definition) is 1. The van der Waals surface area contributed by atoms with Crippen LogP contribution in [0.2, 0.25) is 0 Å². The number of aryl methyl sites for hydroxylation is 2. The number of nitrogens with one attached hydrogen (secondary N) is 1. The second-order valence-corrected chi connectivity index (χ2v) is 3.35. The van der Waals surface area contributed by atoms with Crippen molar-refractivity contribution in [3.05, 3.63) is 17.6 Å². The predicted octanol–water partition coefficient (Wildman–Crippen LogP) is 1.81. The van der Waals surface area contributed by atoms with Gasteiger partial charge in [0, 0.05) is 17.8 Å². The molecule has 74 valence electrons. The summed E-state index contributed by atoms with van der Waals surface area (Å²) in [5, 5.41) is 11.7. The summed E-state index contributed by atoms with van der Waals surface area (Å²) in [6.45, 7) is 5.73. The van der Waals surface area contributed by atoms with Gasteiger partial charge >= 0.3 is 0 Å². The van der Waals surface area contributed by atoms with Gasteiger partial charge in [0.05, 0.1) is 12.5 Å². The maximum absolute atomic E-state index is 8.50. The molecule has 1 rings (SSSR count). The van der Waals surface area contributed by atoms with Gasteiger partial charge in [0.25, 0.3) is 0 Å². The molecule has 1 N–H and O–H groups in total. The lowest BCUT2D eigenvalue weighted by molar-refractivity contribution is 0.809. The van der Waals surface area contributed by atoms with Crippen LogP contribution in [0.25, 0.3) is 0 Å². The van der Waals surface area contributed by atoms with E-state index >= 15 is 0 Å². The van der Waals surface area contributed by atoms with E-state index in [1.807, 2.05) is 26.8 Å². The van der Waals surface area contributed by atoms with Gasteiger partial charge in [-0.05, 0) is 20.8 Å². The Bertz CT molecular complexity index is 333. The van der Waals surface area contributed by atoms with Crippen LogP contribution in [0.15, 0.2) is 6.07 Å². The van der Waals surface area contributed by atoms with Crippen LogP contribution in [0.1, 0.15) is 24.9 Å². The van der Waals surface area contributed by atoms with Gasteiger partial charge in [-0.2, -0.15) is 5.26 Å². The molecule has 4 nitrogen and oxygen atoms in total. The molecule has 0 spiro atoms. The third-order valence-electron chi connectivity index (χ3n) is 1.76. The van der Waals surface area contributed by atoms with Crippen LogP contribution >= 0.6 is 0 Å². The quantitative estimate of drug-likeness (QED) is 0.789. The molecule has 1 unspecified atom stereocenters. The predicted molar refractivity (Wildman–Crippen MR) is 54.8 cm³/mol. The van der Waals surface area contributed by atoms with E-state index in [4.69, 9.17) is 5.26 Å². The normalized spacial score (nSPS) is 11.9. The lowest BCUT2D eigenvalue weighted by Gasteiger charge is -2.11. The molecule has 0 amide bonds. The first kappa shape index (κ1) is 10.5. The van der Waals surface area contributed by atoms with E-state index in [-0.39, 0.29) is 6.04 Å². The van der Waals surface area contributed by atoms with Gasteiger partial charge in [0.15, 0.2) is 0 Å². The van der Waals surface area contributed by atoms with Gasteiger partial charge in [0.2, 0.25) is 0 Å². The molecule has 1 aromatic heterocycles. The minimum atomic E-state index is 0.119. The van der Waals surface area contributed by atoms with Gasteiger partial charge in [-0.25, -0.2) is 9.97 Å². The summed E-state index contributed by atoms with van der Waals surface area (Å²) < 4.78 is 0. The molecule has 0 saturated heterocycles. The Kier molecular flexibility index (Phi) is 3.41. The lowest BCUT2D eigenvalue weighted by atomic mass is 10.2. The van der Waals surface area contributed by atoms with Crippen molar-refractivity contribution in [3.63, 3.8) is 0 Å². The van der Waals surface area contributed by atoms with Gasteiger partial charge in [-0.3, -0.25) is 0 Å². The zero-order chi connectivity index (χ0) is 10.6. The van der Waals surface area contributed by atoms with E-state index in [1.165, 1.54) is 0 Å². The van der Waals surface area contributed by atoms with E-state index in [2.05, 4.69) is 21.4 Å². The van der Waals surface area contributed by atoms with E-state index in [0.29, 0.717) is 6.42 Å². The Morgan fingerprint density at radius 1 is 1.50 bits per heavy atom. The first-order valence-corrected chi connectivity index (χ1v) is 4.57. The van der Waals surface area contributed by atoms with Crippen molar-refractivity contribution in [3.8, 4) is 6.07 Å². The highest BCUT2D eigenvalue weighted by atomic mass is 15.0. The number of rotatable bonds is 3. The number of aromatic nitrogens is 2. The van der Waals surface area contributed by atoms with Gasteiger partial charge < -0.3 is 5.32 Å². The van der Waals surface area contributed by atoms with Crippen LogP contribution in [0.4, 0.5) is 5.82 Å². The van der Waals surface area contributed by atoms with Crippen LogP contribution < -0.4 is 5.32 Å². The van der Waals surface area contributed by atoms with Gasteiger partial charge in [-0.1, -0.05) is 0 Å². The number of nitrogens with zero attached hydrogens (tertiary/aromatic N) is 3. The van der Waals surface area contributed by atoms with Crippen molar-refractivity contribution in [1.82, 2.24) is 9.97 Å². The van der Waals surface area contributed by atoms with E-state index in [9.17, 15) is 0 Å². The van der Waals surface area contributed by atoms with Crippen LogP contribution in [0.5, 0.6) is 0 Å². The summed E-state index contributed by atoms with van der Waals surface area (Å²) in [5.74, 6) is 1.54. The first-order valence-electron chi connectivity index (χ1n) is 4.57. The molecule has 1 atom stereocenters. The zero-order valence-electron chi connectivity index (χ0n) is 8.70.